The fraction of sp³-hybridized carbons (Fsp3) is 0.516. The van der Waals surface area contributed by atoms with Crippen LogP contribution in [0.2, 0.25) is 0 Å². The van der Waals surface area contributed by atoms with Gasteiger partial charge in [0.1, 0.15) is 10.6 Å². The number of nitrogens with one attached hydrogen (secondary N) is 1. The highest BCUT2D eigenvalue weighted by Gasteiger charge is 2.49. The molecule has 3 aromatic rings. The molecule has 46 heavy (non-hydrogen) atoms. The average molecular weight is 661 g/mol. The van der Waals surface area contributed by atoms with Crippen molar-refractivity contribution in [3.05, 3.63) is 52.2 Å². The Morgan fingerprint density at radius 1 is 1.09 bits per heavy atom. The molecule has 6 heterocycles. The smallest absolute Gasteiger partial charge is 0.416 e. The van der Waals surface area contributed by atoms with Crippen LogP contribution in [0.25, 0.3) is 11.3 Å². The number of nitrogens with zero attached hydrogens (tertiary/aromatic N) is 5. The lowest BCUT2D eigenvalue weighted by Gasteiger charge is -2.55. The highest BCUT2D eigenvalue weighted by Crippen LogP contribution is 2.36. The van der Waals surface area contributed by atoms with Crippen molar-refractivity contribution in [2.45, 2.75) is 70.4 Å². The Kier molecular flexibility index (Phi) is 8.46. The van der Waals surface area contributed by atoms with Crippen molar-refractivity contribution < 1.29 is 36.7 Å². The molecule has 4 saturated heterocycles. The van der Waals surface area contributed by atoms with Gasteiger partial charge in [0.2, 0.25) is 11.7 Å². The molecule has 2 bridgehead atoms. The number of amides is 3. The third kappa shape index (κ3) is 6.83. The second-order valence-corrected chi connectivity index (χ2v) is 13.8. The number of fused-ring (bicyclic) bond motifs is 2. The van der Waals surface area contributed by atoms with E-state index in [-0.39, 0.29) is 48.8 Å². The molecule has 0 saturated carbocycles. The van der Waals surface area contributed by atoms with Crippen molar-refractivity contribution in [1.82, 2.24) is 25.1 Å². The first kappa shape index (κ1) is 31.8. The van der Waals surface area contributed by atoms with Gasteiger partial charge >= 0.3 is 12.3 Å². The zero-order valence-electron chi connectivity index (χ0n) is 25.7. The van der Waals surface area contributed by atoms with E-state index in [1.807, 2.05) is 25.7 Å². The van der Waals surface area contributed by atoms with E-state index in [0.717, 1.165) is 18.6 Å². The van der Waals surface area contributed by atoms with E-state index >= 15 is 0 Å². The summed E-state index contributed by atoms with van der Waals surface area (Å²) in [6.07, 6.45) is -1.18. The molecule has 2 aromatic heterocycles. The van der Waals surface area contributed by atoms with Crippen LogP contribution < -0.4 is 10.2 Å². The molecule has 7 rings (SSSR count). The first-order valence-electron chi connectivity index (χ1n) is 15.2. The van der Waals surface area contributed by atoms with Crippen LogP contribution in [-0.2, 0) is 22.3 Å². The van der Waals surface area contributed by atoms with Crippen molar-refractivity contribution in [3.8, 4) is 11.3 Å². The lowest BCUT2D eigenvalue weighted by Crippen LogP contribution is -2.70. The monoisotopic (exact) mass is 660 g/mol. The van der Waals surface area contributed by atoms with Gasteiger partial charge in [-0.1, -0.05) is 12.1 Å². The summed E-state index contributed by atoms with van der Waals surface area (Å²) in [6.45, 7) is 7.46. The molecule has 2 unspecified atom stereocenters. The highest BCUT2D eigenvalue weighted by molar-refractivity contribution is 7.09. The van der Waals surface area contributed by atoms with Gasteiger partial charge in [-0.3, -0.25) is 14.5 Å². The molecule has 11 nitrogen and oxygen atoms in total. The van der Waals surface area contributed by atoms with Crippen molar-refractivity contribution in [2.24, 2.45) is 5.92 Å². The van der Waals surface area contributed by atoms with E-state index < -0.39 is 23.3 Å². The van der Waals surface area contributed by atoms with Gasteiger partial charge in [-0.25, -0.2) is 14.8 Å². The fourth-order valence-corrected chi connectivity index (χ4v) is 6.82. The molecule has 3 amide bonds. The second-order valence-electron chi connectivity index (χ2n) is 12.9. The largest absolute Gasteiger partial charge is 0.444 e. The van der Waals surface area contributed by atoms with Crippen LogP contribution in [0.4, 0.5) is 24.0 Å². The summed E-state index contributed by atoms with van der Waals surface area (Å²) in [5, 5.41) is 5.24. The van der Waals surface area contributed by atoms with Crippen LogP contribution >= 0.6 is 11.3 Å². The van der Waals surface area contributed by atoms with E-state index in [1.54, 1.807) is 15.2 Å². The molecule has 246 valence electrons. The van der Waals surface area contributed by atoms with Gasteiger partial charge in [-0.2, -0.15) is 13.2 Å². The maximum absolute atomic E-state index is 13.3. The van der Waals surface area contributed by atoms with E-state index in [4.69, 9.17) is 9.15 Å². The number of piperidine rings is 2. The number of aromatic nitrogens is 2. The SMILES string of the molecule is CC(C)(C)OC(=O)N1C2CC1CN(c1ncc(C(=O)N3CCC[C@H](C(=O)NCc4nc(-c5ccc(C(F)(F)F)cc5)cs4)C3)o1)C2. The molecular weight excluding hydrogens is 625 g/mol. The number of rotatable bonds is 6. The number of carbonyl (C=O) groups is 3. The lowest BCUT2D eigenvalue weighted by molar-refractivity contribution is -0.137. The Morgan fingerprint density at radius 3 is 2.48 bits per heavy atom. The number of piperazine rings is 1. The molecule has 3 atom stereocenters. The quantitative estimate of drug-likeness (QED) is 0.384. The Bertz CT molecular complexity index is 1590. The number of hydrogen-bond donors (Lipinski definition) is 1. The van der Waals surface area contributed by atoms with Crippen molar-refractivity contribution in [1.29, 1.82) is 0 Å². The van der Waals surface area contributed by atoms with Crippen LogP contribution in [0.1, 0.15) is 61.2 Å². The predicted octanol–water partition coefficient (Wildman–Crippen LogP) is 5.18. The zero-order valence-corrected chi connectivity index (χ0v) is 26.5. The van der Waals surface area contributed by atoms with Crippen molar-refractivity contribution in [2.75, 3.05) is 31.1 Å². The Balaban J connectivity index is 0.996. The molecule has 15 heteroatoms. The van der Waals surface area contributed by atoms with Crippen LogP contribution in [0.3, 0.4) is 0 Å². The minimum absolute atomic E-state index is 0.0122. The average Bonchev–Trinajstić information content (AvgIpc) is 3.69. The van der Waals surface area contributed by atoms with Crippen LogP contribution in [-0.4, -0.2) is 81.5 Å². The Hall–Kier alpha value is -4.14. The van der Waals surface area contributed by atoms with E-state index in [1.165, 1.54) is 29.7 Å². The molecule has 4 fully saturated rings. The van der Waals surface area contributed by atoms with E-state index in [2.05, 4.69) is 15.3 Å². The summed E-state index contributed by atoms with van der Waals surface area (Å²) in [4.78, 5) is 53.0. The van der Waals surface area contributed by atoms with Gasteiger partial charge < -0.3 is 24.3 Å². The summed E-state index contributed by atoms with van der Waals surface area (Å²) in [5.74, 6) is -0.862. The van der Waals surface area contributed by atoms with E-state index in [0.29, 0.717) is 54.8 Å². The van der Waals surface area contributed by atoms with Crippen LogP contribution in [0.5, 0.6) is 0 Å². The third-order valence-corrected chi connectivity index (χ3v) is 9.17. The van der Waals surface area contributed by atoms with Gasteiger partial charge in [0, 0.05) is 37.1 Å². The maximum Gasteiger partial charge on any atom is 0.416 e. The molecule has 0 radical (unpaired) electrons. The number of anilines is 1. The Morgan fingerprint density at radius 2 is 1.80 bits per heavy atom. The standard InChI is InChI=1S/C31H35F3N6O5S/c1-30(2,3)45-29(43)40-21-11-22(40)16-39(15-21)28-36-12-24(44-28)27(42)38-10-4-5-19(14-38)26(41)35-13-25-37-23(17-46-25)18-6-8-20(9-7-18)31(32,33)34/h6-9,12,17,19,21-22H,4-5,10-11,13-16H2,1-3H3,(H,35,41)/t19-,21?,22?/m0/s1. The second kappa shape index (κ2) is 12.2. The summed E-state index contributed by atoms with van der Waals surface area (Å²) in [6, 6.07) is 5.09. The number of halogens is 3. The van der Waals surface area contributed by atoms with Gasteiger partial charge in [-0.05, 0) is 52.2 Å². The normalized spacial score (nSPS) is 21.5. The molecule has 4 aliphatic rings. The molecule has 1 N–H and O–H groups in total. The first-order valence-corrected chi connectivity index (χ1v) is 16.0. The number of likely N-dealkylation sites (tertiary alicyclic amines) is 1. The van der Waals surface area contributed by atoms with Crippen LogP contribution in [0.15, 0.2) is 40.3 Å². The van der Waals surface area contributed by atoms with Crippen molar-refractivity contribution >= 4 is 35.3 Å². The Labute approximate surface area is 267 Å². The first-order chi connectivity index (χ1) is 21.7. The van der Waals surface area contributed by atoms with Gasteiger partial charge in [-0.15, -0.1) is 11.3 Å². The molecule has 0 spiro atoms. The number of ether oxygens (including phenoxy) is 1. The van der Waals surface area contributed by atoms with Gasteiger partial charge in [0.25, 0.3) is 11.9 Å². The lowest BCUT2D eigenvalue weighted by atomic mass is 9.88. The fourth-order valence-electron chi connectivity index (χ4n) is 6.08. The number of alkyl halides is 3. The predicted molar refractivity (Wildman–Crippen MR) is 162 cm³/mol. The number of carbonyl (C=O) groups excluding carboxylic acids is 3. The summed E-state index contributed by atoms with van der Waals surface area (Å²) >= 11 is 1.30. The summed E-state index contributed by atoms with van der Waals surface area (Å²) < 4.78 is 50.0. The number of thiazole rings is 1. The molecule has 0 aliphatic carbocycles. The van der Waals surface area contributed by atoms with Gasteiger partial charge in [0.15, 0.2) is 0 Å². The zero-order chi connectivity index (χ0) is 32.8. The summed E-state index contributed by atoms with van der Waals surface area (Å²) in [5.41, 5.74) is -0.211. The highest BCUT2D eigenvalue weighted by atomic mass is 32.1. The maximum atomic E-state index is 13.3. The molecule has 4 aliphatic heterocycles. The third-order valence-electron chi connectivity index (χ3n) is 8.33. The molecule has 1 aromatic carbocycles. The van der Waals surface area contributed by atoms with Gasteiger partial charge in [0.05, 0.1) is 42.0 Å². The molecular formula is C31H35F3N6O5S. The summed E-state index contributed by atoms with van der Waals surface area (Å²) in [7, 11) is 0. The number of oxazole rings is 1. The number of benzene rings is 1. The minimum Gasteiger partial charge on any atom is -0.444 e. The number of hydrogen-bond acceptors (Lipinski definition) is 9. The van der Waals surface area contributed by atoms with Crippen molar-refractivity contribution in [3.63, 3.8) is 0 Å². The minimum atomic E-state index is -4.41. The van der Waals surface area contributed by atoms with E-state index in [9.17, 15) is 27.6 Å². The van der Waals surface area contributed by atoms with Crippen LogP contribution in [0, 0.1) is 5.92 Å². The topological polar surface area (TPSA) is 121 Å².